The smallest absolute Gasteiger partial charge is 0.110 e. The Bertz CT molecular complexity index is 328. The van der Waals surface area contributed by atoms with Gasteiger partial charge in [-0.05, 0) is 14.0 Å². The minimum absolute atomic E-state index is 0.329. The Kier molecular flexibility index (Phi) is 5.53. The minimum Gasteiger partial charge on any atom is -0.335 e. The van der Waals surface area contributed by atoms with Gasteiger partial charge in [0.25, 0.3) is 0 Å². The molecule has 0 fully saturated rings. The molecule has 1 rings (SSSR count). The maximum absolute atomic E-state index is 4.43. The average Bonchev–Trinajstić information content (AvgIpc) is 2.70. The molecule has 1 aromatic heterocycles. The molecule has 0 aliphatic carbocycles. The van der Waals surface area contributed by atoms with Crippen LogP contribution in [0.3, 0.4) is 0 Å². The maximum Gasteiger partial charge on any atom is 0.110 e. The third-order valence-corrected chi connectivity index (χ3v) is 4.13. The second-order valence-corrected chi connectivity index (χ2v) is 7.09. The molecule has 1 atom stereocenters. The molecular formula is C13H25N3S. The van der Waals surface area contributed by atoms with Gasteiger partial charge >= 0.3 is 0 Å². The van der Waals surface area contributed by atoms with Gasteiger partial charge in [0.2, 0.25) is 0 Å². The highest BCUT2D eigenvalue weighted by molar-refractivity contribution is 8.00. The molecule has 0 amide bonds. The topological polar surface area (TPSA) is 29.9 Å². The van der Waals surface area contributed by atoms with E-state index in [0.717, 1.165) is 18.7 Å². The summed E-state index contributed by atoms with van der Waals surface area (Å²) in [7, 11) is 2.03. The number of thioether (sulfide) groups is 1. The van der Waals surface area contributed by atoms with Gasteiger partial charge in [0.1, 0.15) is 5.82 Å². The van der Waals surface area contributed by atoms with Gasteiger partial charge in [-0.2, -0.15) is 11.8 Å². The molecule has 1 unspecified atom stereocenters. The van der Waals surface area contributed by atoms with Gasteiger partial charge in [-0.3, -0.25) is 0 Å². The van der Waals surface area contributed by atoms with Crippen LogP contribution < -0.4 is 5.32 Å². The quantitative estimate of drug-likeness (QED) is 0.847. The summed E-state index contributed by atoms with van der Waals surface area (Å²) in [6.45, 7) is 9.94. The van der Waals surface area contributed by atoms with Crippen molar-refractivity contribution in [2.24, 2.45) is 0 Å². The molecule has 1 aromatic rings. The molecule has 4 heteroatoms. The van der Waals surface area contributed by atoms with Crippen molar-refractivity contribution in [2.75, 3.05) is 12.8 Å². The summed E-state index contributed by atoms with van der Waals surface area (Å²) >= 11 is 2.00. The summed E-state index contributed by atoms with van der Waals surface area (Å²) in [4.78, 5) is 4.43. The van der Waals surface area contributed by atoms with Gasteiger partial charge in [0.15, 0.2) is 0 Å². The Morgan fingerprint density at radius 2 is 2.18 bits per heavy atom. The van der Waals surface area contributed by atoms with Crippen LogP contribution in [0.5, 0.6) is 0 Å². The Balaban J connectivity index is 2.52. The van der Waals surface area contributed by atoms with Gasteiger partial charge in [0.05, 0.1) is 0 Å². The number of hydrogen-bond acceptors (Lipinski definition) is 3. The highest BCUT2D eigenvalue weighted by Crippen LogP contribution is 2.24. The van der Waals surface area contributed by atoms with Crippen LogP contribution >= 0.6 is 11.8 Å². The summed E-state index contributed by atoms with van der Waals surface area (Å²) < 4.78 is 2.54. The largest absolute Gasteiger partial charge is 0.335 e. The first kappa shape index (κ1) is 14.6. The molecule has 0 spiro atoms. The zero-order chi connectivity index (χ0) is 12.9. The fraction of sp³-hybridized carbons (Fsp3) is 0.769. The van der Waals surface area contributed by atoms with Crippen LogP contribution in [0.4, 0.5) is 0 Å². The van der Waals surface area contributed by atoms with Crippen molar-refractivity contribution in [3.63, 3.8) is 0 Å². The maximum atomic E-state index is 4.43. The molecule has 0 aliphatic rings. The Hall–Kier alpha value is -0.480. The normalized spacial score (nSPS) is 13.9. The monoisotopic (exact) mass is 255 g/mol. The Labute approximate surface area is 109 Å². The molecule has 0 bridgehead atoms. The lowest BCUT2D eigenvalue weighted by Crippen LogP contribution is -2.32. The summed E-state index contributed by atoms with van der Waals surface area (Å²) in [5.74, 6) is 2.30. The van der Waals surface area contributed by atoms with Crippen LogP contribution in [-0.4, -0.2) is 33.1 Å². The standard InChI is InChI=1S/C13H25N3S/c1-6-16-8-7-15-12(16)9-11(14-5)10-17-13(2,3)4/h7-8,11,14H,6,9-10H2,1-5H3. The van der Waals surface area contributed by atoms with E-state index in [1.807, 2.05) is 25.0 Å². The second-order valence-electron chi connectivity index (χ2n) is 5.24. The molecule has 0 aromatic carbocycles. The number of aromatic nitrogens is 2. The van der Waals surface area contributed by atoms with Crippen LogP contribution in [-0.2, 0) is 13.0 Å². The second kappa shape index (κ2) is 6.45. The van der Waals surface area contributed by atoms with E-state index in [-0.39, 0.29) is 0 Å². The van der Waals surface area contributed by atoms with E-state index in [0.29, 0.717) is 10.8 Å². The zero-order valence-electron chi connectivity index (χ0n) is 11.7. The van der Waals surface area contributed by atoms with E-state index < -0.39 is 0 Å². The highest BCUT2D eigenvalue weighted by atomic mass is 32.2. The molecule has 0 saturated carbocycles. The summed E-state index contributed by atoms with van der Waals surface area (Å²) in [5.41, 5.74) is 0. The Morgan fingerprint density at radius 1 is 1.47 bits per heavy atom. The number of aryl methyl sites for hydroxylation is 1. The third kappa shape index (κ3) is 5.13. The van der Waals surface area contributed by atoms with Gasteiger partial charge in [-0.1, -0.05) is 20.8 Å². The average molecular weight is 255 g/mol. The van der Waals surface area contributed by atoms with Gasteiger partial charge in [-0.25, -0.2) is 4.98 Å². The van der Waals surface area contributed by atoms with E-state index in [4.69, 9.17) is 0 Å². The number of rotatable bonds is 6. The summed E-state index contributed by atoms with van der Waals surface area (Å²) in [5, 5.41) is 3.39. The van der Waals surface area contributed by atoms with Crippen molar-refractivity contribution in [3.05, 3.63) is 18.2 Å². The predicted octanol–water partition coefficient (Wildman–Crippen LogP) is 2.57. The minimum atomic E-state index is 0.329. The van der Waals surface area contributed by atoms with Crippen molar-refractivity contribution < 1.29 is 0 Å². The summed E-state index contributed by atoms with van der Waals surface area (Å²) in [6.07, 6.45) is 4.95. The van der Waals surface area contributed by atoms with E-state index in [1.54, 1.807) is 0 Å². The zero-order valence-corrected chi connectivity index (χ0v) is 12.5. The fourth-order valence-electron chi connectivity index (χ4n) is 1.63. The highest BCUT2D eigenvalue weighted by Gasteiger charge is 2.16. The molecule has 98 valence electrons. The molecule has 3 nitrogen and oxygen atoms in total. The van der Waals surface area contributed by atoms with Crippen LogP contribution in [0.25, 0.3) is 0 Å². The van der Waals surface area contributed by atoms with Gasteiger partial charge < -0.3 is 9.88 Å². The lowest BCUT2D eigenvalue weighted by atomic mass is 10.2. The van der Waals surface area contributed by atoms with Crippen molar-refractivity contribution in [1.29, 1.82) is 0 Å². The fourth-order valence-corrected chi connectivity index (χ4v) is 2.62. The molecule has 17 heavy (non-hydrogen) atoms. The lowest BCUT2D eigenvalue weighted by molar-refractivity contribution is 0.571. The van der Waals surface area contributed by atoms with Crippen molar-refractivity contribution in [1.82, 2.24) is 14.9 Å². The Morgan fingerprint density at radius 3 is 2.71 bits per heavy atom. The van der Waals surface area contributed by atoms with Crippen molar-refractivity contribution in [3.8, 4) is 0 Å². The van der Waals surface area contributed by atoms with Crippen LogP contribution in [0, 0.1) is 0 Å². The molecule has 0 saturated heterocycles. The molecule has 1 N–H and O–H groups in total. The van der Waals surface area contributed by atoms with Gasteiger partial charge in [0, 0.05) is 41.9 Å². The predicted molar refractivity (Wildman–Crippen MR) is 76.7 cm³/mol. The number of imidazole rings is 1. The molecule has 0 radical (unpaired) electrons. The van der Waals surface area contributed by atoms with E-state index in [9.17, 15) is 0 Å². The van der Waals surface area contributed by atoms with Gasteiger partial charge in [-0.15, -0.1) is 0 Å². The molecular weight excluding hydrogens is 230 g/mol. The van der Waals surface area contributed by atoms with Crippen LogP contribution in [0.15, 0.2) is 12.4 Å². The SMILES string of the molecule is CCn1ccnc1CC(CSC(C)(C)C)NC. The summed E-state index contributed by atoms with van der Waals surface area (Å²) in [6, 6.07) is 0.493. The third-order valence-electron chi connectivity index (χ3n) is 2.70. The van der Waals surface area contributed by atoms with E-state index in [2.05, 4.69) is 48.8 Å². The van der Waals surface area contributed by atoms with Crippen molar-refractivity contribution in [2.45, 2.75) is 51.4 Å². The number of nitrogens with one attached hydrogen (secondary N) is 1. The molecule has 0 aliphatic heterocycles. The van der Waals surface area contributed by atoms with E-state index >= 15 is 0 Å². The molecule has 1 heterocycles. The first-order chi connectivity index (χ1) is 7.96. The lowest BCUT2D eigenvalue weighted by Gasteiger charge is -2.22. The van der Waals surface area contributed by atoms with E-state index in [1.165, 1.54) is 5.82 Å². The number of nitrogens with zero attached hydrogens (tertiary/aromatic N) is 2. The van der Waals surface area contributed by atoms with Crippen LogP contribution in [0.2, 0.25) is 0 Å². The number of hydrogen-bond donors (Lipinski definition) is 1. The number of likely N-dealkylation sites (N-methyl/N-ethyl adjacent to an activating group) is 1. The van der Waals surface area contributed by atoms with Crippen molar-refractivity contribution >= 4 is 11.8 Å². The first-order valence-corrected chi connectivity index (χ1v) is 7.26. The van der Waals surface area contributed by atoms with Crippen LogP contribution in [0.1, 0.15) is 33.5 Å². The first-order valence-electron chi connectivity index (χ1n) is 6.27.